The van der Waals surface area contributed by atoms with Crippen molar-refractivity contribution in [2.75, 3.05) is 0 Å². The van der Waals surface area contributed by atoms with Crippen LogP contribution in [-0.4, -0.2) is 20.1 Å². The first-order valence-corrected chi connectivity index (χ1v) is 6.43. The van der Waals surface area contributed by atoms with E-state index in [0.29, 0.717) is 23.5 Å². The fourth-order valence-corrected chi connectivity index (χ4v) is 2.55. The van der Waals surface area contributed by atoms with Crippen LogP contribution in [0.15, 0.2) is 16.9 Å². The number of nitrogens with one attached hydrogen (secondary N) is 1. The van der Waals surface area contributed by atoms with Gasteiger partial charge < -0.3 is 15.2 Å². The van der Waals surface area contributed by atoms with E-state index in [2.05, 4.69) is 20.1 Å². The van der Waals surface area contributed by atoms with Crippen LogP contribution in [0.5, 0.6) is 0 Å². The van der Waals surface area contributed by atoms with E-state index in [4.69, 9.17) is 10.3 Å². The van der Waals surface area contributed by atoms with Crippen LogP contribution in [0.2, 0.25) is 0 Å². The van der Waals surface area contributed by atoms with Crippen LogP contribution in [0.4, 0.5) is 0 Å². The van der Waals surface area contributed by atoms with Crippen LogP contribution < -0.4 is 5.73 Å². The van der Waals surface area contributed by atoms with Gasteiger partial charge in [-0.1, -0.05) is 24.4 Å². The molecule has 3 rings (SSSR count). The van der Waals surface area contributed by atoms with Crippen molar-refractivity contribution in [1.29, 1.82) is 0 Å². The zero-order valence-electron chi connectivity index (χ0n) is 10.2. The van der Waals surface area contributed by atoms with Crippen LogP contribution in [-0.2, 0) is 0 Å². The molecule has 1 aliphatic carbocycles. The van der Waals surface area contributed by atoms with Gasteiger partial charge in [0.25, 0.3) is 0 Å². The van der Waals surface area contributed by atoms with Gasteiger partial charge >= 0.3 is 0 Å². The molecular weight excluding hydrogens is 230 g/mol. The minimum Gasteiger partial charge on any atom is -0.342 e. The molecule has 96 valence electrons. The Balaban J connectivity index is 1.76. The molecule has 0 aromatic carbocycles. The Bertz CT molecular complexity index is 486. The Morgan fingerprint density at radius 3 is 2.89 bits per heavy atom. The van der Waals surface area contributed by atoms with Crippen molar-refractivity contribution in [3.8, 4) is 11.6 Å². The van der Waals surface area contributed by atoms with Gasteiger partial charge in [-0.3, -0.25) is 0 Å². The third-order valence-corrected chi connectivity index (χ3v) is 3.59. The van der Waals surface area contributed by atoms with Crippen LogP contribution in [0.3, 0.4) is 0 Å². The number of aromatic nitrogens is 4. The molecule has 0 bridgehead atoms. The van der Waals surface area contributed by atoms with E-state index >= 15 is 0 Å². The van der Waals surface area contributed by atoms with Gasteiger partial charge in [-0.15, -0.1) is 0 Å². The molecule has 0 amide bonds. The zero-order valence-corrected chi connectivity index (χ0v) is 10.2. The van der Waals surface area contributed by atoms with Crippen molar-refractivity contribution < 1.29 is 4.52 Å². The summed E-state index contributed by atoms with van der Waals surface area (Å²) in [7, 11) is 0. The number of nitrogens with two attached hydrogens (primary N) is 1. The Kier molecular flexibility index (Phi) is 3.10. The number of rotatable bonds is 3. The normalized spacial score (nSPS) is 18.9. The maximum Gasteiger partial charge on any atom is 0.244 e. The predicted molar refractivity (Wildman–Crippen MR) is 65.4 cm³/mol. The molecule has 0 aliphatic heterocycles. The third kappa shape index (κ3) is 2.15. The number of hydrogen-bond donors (Lipinski definition) is 2. The lowest BCUT2D eigenvalue weighted by Gasteiger charge is -2.24. The highest BCUT2D eigenvalue weighted by Crippen LogP contribution is 2.32. The quantitative estimate of drug-likeness (QED) is 0.865. The molecular formula is C12H17N5O. The summed E-state index contributed by atoms with van der Waals surface area (Å²) in [6.45, 7) is 0. The van der Waals surface area contributed by atoms with E-state index in [1.165, 1.54) is 19.3 Å². The number of H-pyrrole nitrogens is 1. The fraction of sp³-hybridized carbons (Fsp3) is 0.583. The topological polar surface area (TPSA) is 93.6 Å². The van der Waals surface area contributed by atoms with E-state index in [1.54, 1.807) is 12.4 Å². The van der Waals surface area contributed by atoms with Crippen LogP contribution in [0.1, 0.15) is 44.0 Å². The molecule has 6 heteroatoms. The minimum absolute atomic E-state index is 0.151. The van der Waals surface area contributed by atoms with E-state index in [9.17, 15) is 0 Å². The maximum absolute atomic E-state index is 6.21. The first-order chi connectivity index (χ1) is 8.84. The highest BCUT2D eigenvalue weighted by atomic mass is 16.5. The summed E-state index contributed by atoms with van der Waals surface area (Å²) in [5, 5.41) is 3.91. The molecule has 2 heterocycles. The van der Waals surface area contributed by atoms with Gasteiger partial charge in [0.05, 0.1) is 6.04 Å². The van der Waals surface area contributed by atoms with Crippen molar-refractivity contribution in [2.45, 2.75) is 38.1 Å². The van der Waals surface area contributed by atoms with E-state index in [1.807, 2.05) is 0 Å². The summed E-state index contributed by atoms with van der Waals surface area (Å²) in [4.78, 5) is 11.4. The van der Waals surface area contributed by atoms with Crippen LogP contribution >= 0.6 is 0 Å². The molecule has 1 atom stereocenters. The lowest BCUT2D eigenvalue weighted by Crippen LogP contribution is -2.23. The van der Waals surface area contributed by atoms with Gasteiger partial charge in [-0.2, -0.15) is 4.98 Å². The Hall–Kier alpha value is -1.69. The van der Waals surface area contributed by atoms with E-state index in [0.717, 1.165) is 12.8 Å². The monoisotopic (exact) mass is 247 g/mol. The summed E-state index contributed by atoms with van der Waals surface area (Å²) in [6.07, 6.45) is 9.50. The second-order valence-electron chi connectivity index (χ2n) is 4.82. The van der Waals surface area contributed by atoms with Crippen molar-refractivity contribution in [3.05, 3.63) is 18.3 Å². The Morgan fingerprint density at radius 1 is 1.33 bits per heavy atom. The lowest BCUT2D eigenvalue weighted by atomic mass is 9.84. The summed E-state index contributed by atoms with van der Waals surface area (Å²) >= 11 is 0. The summed E-state index contributed by atoms with van der Waals surface area (Å²) in [5.41, 5.74) is 6.21. The highest BCUT2D eigenvalue weighted by Gasteiger charge is 2.26. The van der Waals surface area contributed by atoms with Crippen LogP contribution in [0.25, 0.3) is 11.6 Å². The summed E-state index contributed by atoms with van der Waals surface area (Å²) < 4.78 is 5.26. The molecule has 0 saturated heterocycles. The molecule has 3 N–H and O–H groups in total. The molecule has 2 aromatic rings. The van der Waals surface area contributed by atoms with Gasteiger partial charge in [0.15, 0.2) is 5.82 Å². The summed E-state index contributed by atoms with van der Waals surface area (Å²) in [5.74, 6) is 2.07. The van der Waals surface area contributed by atoms with Gasteiger partial charge in [-0.25, -0.2) is 4.98 Å². The molecule has 1 aliphatic rings. The molecule has 0 spiro atoms. The Morgan fingerprint density at radius 2 is 2.17 bits per heavy atom. The Labute approximate surface area is 105 Å². The van der Waals surface area contributed by atoms with E-state index < -0.39 is 0 Å². The maximum atomic E-state index is 6.21. The standard InChI is InChI=1S/C12H17N5O/c13-9(8-4-2-1-3-5-8)12-16-11(17-18-12)10-14-6-7-15-10/h6-9H,1-5,13H2,(H,14,15). The zero-order chi connectivity index (χ0) is 12.4. The number of nitrogens with zero attached hydrogens (tertiary/aromatic N) is 3. The molecule has 1 saturated carbocycles. The van der Waals surface area contributed by atoms with Crippen LogP contribution in [0, 0.1) is 5.92 Å². The summed E-state index contributed by atoms with van der Waals surface area (Å²) in [6, 6.07) is -0.151. The minimum atomic E-state index is -0.151. The molecule has 2 aromatic heterocycles. The number of aromatic amines is 1. The van der Waals surface area contributed by atoms with Crippen molar-refractivity contribution >= 4 is 0 Å². The molecule has 1 fully saturated rings. The molecule has 18 heavy (non-hydrogen) atoms. The largest absolute Gasteiger partial charge is 0.342 e. The first-order valence-electron chi connectivity index (χ1n) is 6.43. The average Bonchev–Trinajstić information content (AvgIpc) is 3.09. The first kappa shape index (κ1) is 11.4. The number of hydrogen-bond acceptors (Lipinski definition) is 5. The number of imidazole rings is 1. The van der Waals surface area contributed by atoms with Gasteiger partial charge in [0.2, 0.25) is 11.7 Å². The van der Waals surface area contributed by atoms with Gasteiger partial charge in [0.1, 0.15) is 0 Å². The van der Waals surface area contributed by atoms with Gasteiger partial charge in [-0.05, 0) is 18.8 Å². The van der Waals surface area contributed by atoms with Crippen molar-refractivity contribution in [2.24, 2.45) is 11.7 Å². The smallest absolute Gasteiger partial charge is 0.244 e. The molecule has 6 nitrogen and oxygen atoms in total. The third-order valence-electron chi connectivity index (χ3n) is 3.59. The SMILES string of the molecule is NC(c1nc(-c2ncc[nH]2)no1)C1CCCCC1. The van der Waals surface area contributed by atoms with E-state index in [-0.39, 0.29) is 6.04 Å². The second-order valence-corrected chi connectivity index (χ2v) is 4.82. The second kappa shape index (κ2) is 4.89. The lowest BCUT2D eigenvalue weighted by molar-refractivity contribution is 0.255. The molecule has 0 radical (unpaired) electrons. The highest BCUT2D eigenvalue weighted by molar-refractivity contribution is 5.40. The predicted octanol–water partition coefficient (Wildman–Crippen LogP) is 2.04. The fourth-order valence-electron chi connectivity index (χ4n) is 2.55. The van der Waals surface area contributed by atoms with Gasteiger partial charge in [0, 0.05) is 12.4 Å². The van der Waals surface area contributed by atoms with Crippen molar-refractivity contribution in [1.82, 2.24) is 20.1 Å². The van der Waals surface area contributed by atoms with Crippen molar-refractivity contribution in [3.63, 3.8) is 0 Å². The molecule has 1 unspecified atom stereocenters. The average molecular weight is 247 g/mol.